The van der Waals surface area contributed by atoms with Crippen LogP contribution in [0.1, 0.15) is 30.1 Å². The van der Waals surface area contributed by atoms with Crippen LogP contribution in [0.4, 0.5) is 0 Å². The van der Waals surface area contributed by atoms with E-state index in [1.54, 1.807) is 0 Å². The molecule has 2 bridgehead atoms. The molecule has 1 aromatic carbocycles. The largest absolute Gasteiger partial charge is 0.461 e. The predicted octanol–water partition coefficient (Wildman–Crippen LogP) is 3.35. The van der Waals surface area contributed by atoms with Crippen molar-refractivity contribution < 1.29 is 9.21 Å². The molecule has 5 heterocycles. The van der Waals surface area contributed by atoms with Crippen molar-refractivity contribution in [3.63, 3.8) is 0 Å². The van der Waals surface area contributed by atoms with Crippen molar-refractivity contribution >= 4 is 17.4 Å². The Hall–Kier alpha value is -2.66. The standard InChI is InChI=1S/C21H22N2O.CH3NO/c1-2-6-19-17(5-1)13-20(24-19)21-16-7-10-23(11-8-16)18(21)12-15-4-3-9-22-14-15;2-1-3/h1-6,9,13-14,16,18,21H,7-8,10-12H2;1H,(H2,2,3). The minimum Gasteiger partial charge on any atom is -0.461 e. The van der Waals surface area contributed by atoms with E-state index in [4.69, 9.17) is 9.21 Å². The summed E-state index contributed by atoms with van der Waals surface area (Å²) in [4.78, 5) is 15.6. The molecule has 27 heavy (non-hydrogen) atoms. The number of nitrogens with two attached hydrogens (primary N) is 1. The third kappa shape index (κ3) is 3.60. The minimum atomic E-state index is 0.250. The molecule has 3 fully saturated rings. The van der Waals surface area contributed by atoms with Crippen LogP contribution in [0.25, 0.3) is 11.0 Å². The number of rotatable bonds is 3. The van der Waals surface area contributed by atoms with Crippen LogP contribution in [0, 0.1) is 5.92 Å². The Balaban J connectivity index is 0.000000565. The molecule has 0 aliphatic carbocycles. The van der Waals surface area contributed by atoms with Crippen LogP contribution in [0.15, 0.2) is 59.3 Å². The number of para-hydroxylation sites is 1. The summed E-state index contributed by atoms with van der Waals surface area (Å²) in [6, 6.07) is 15.4. The lowest BCUT2D eigenvalue weighted by Gasteiger charge is -2.50. The molecule has 3 aromatic rings. The summed E-state index contributed by atoms with van der Waals surface area (Å²) in [5.74, 6) is 2.43. The maximum Gasteiger partial charge on any atom is 0.204 e. The topological polar surface area (TPSA) is 72.4 Å². The van der Waals surface area contributed by atoms with Crippen molar-refractivity contribution in [3.8, 4) is 0 Å². The summed E-state index contributed by atoms with van der Waals surface area (Å²) in [5, 5.41) is 1.23. The molecule has 2 aromatic heterocycles. The lowest BCUT2D eigenvalue weighted by Crippen LogP contribution is -2.54. The SMILES string of the molecule is NC=O.c1cncc(CC2C(c3cc4ccccc4o3)C3CCN2CC3)c1. The van der Waals surface area contributed by atoms with Gasteiger partial charge in [0.2, 0.25) is 6.41 Å². The summed E-state index contributed by atoms with van der Waals surface area (Å²) < 4.78 is 6.29. The average molecular weight is 363 g/mol. The summed E-state index contributed by atoms with van der Waals surface area (Å²) in [6.07, 6.45) is 7.77. The van der Waals surface area contributed by atoms with Crippen molar-refractivity contribution in [2.24, 2.45) is 11.7 Å². The molecule has 0 spiro atoms. The maximum absolute atomic E-state index is 8.58. The molecule has 3 aliphatic heterocycles. The molecule has 1 amide bonds. The molecule has 140 valence electrons. The number of piperidine rings is 3. The summed E-state index contributed by atoms with van der Waals surface area (Å²) in [7, 11) is 0. The fourth-order valence-corrected chi connectivity index (χ4v) is 4.76. The number of amides is 1. The number of aromatic nitrogens is 1. The molecule has 5 nitrogen and oxygen atoms in total. The predicted molar refractivity (Wildman–Crippen MR) is 105 cm³/mol. The van der Waals surface area contributed by atoms with Crippen LogP contribution in [-0.4, -0.2) is 35.4 Å². The van der Waals surface area contributed by atoms with E-state index < -0.39 is 0 Å². The lowest BCUT2D eigenvalue weighted by molar-refractivity contribution is -0.106. The molecular weight excluding hydrogens is 338 g/mol. The van der Waals surface area contributed by atoms with E-state index in [9.17, 15) is 0 Å². The zero-order chi connectivity index (χ0) is 18.6. The zero-order valence-electron chi connectivity index (χ0n) is 15.3. The van der Waals surface area contributed by atoms with Crippen LogP contribution in [0.3, 0.4) is 0 Å². The Labute approximate surface area is 159 Å². The van der Waals surface area contributed by atoms with Crippen molar-refractivity contribution in [2.45, 2.75) is 31.2 Å². The lowest BCUT2D eigenvalue weighted by atomic mass is 9.71. The number of primary amides is 1. The number of hydrogen-bond donors (Lipinski definition) is 1. The molecule has 6 rings (SSSR count). The van der Waals surface area contributed by atoms with Crippen LogP contribution in [0.2, 0.25) is 0 Å². The minimum absolute atomic E-state index is 0.250. The van der Waals surface area contributed by atoms with Crippen LogP contribution >= 0.6 is 0 Å². The highest BCUT2D eigenvalue weighted by Crippen LogP contribution is 2.45. The fraction of sp³-hybridized carbons (Fsp3) is 0.364. The monoisotopic (exact) mass is 363 g/mol. The molecular formula is C22H25N3O2. The first-order chi connectivity index (χ1) is 13.3. The van der Waals surface area contributed by atoms with Gasteiger partial charge in [-0.2, -0.15) is 0 Å². The Morgan fingerprint density at radius 1 is 1.19 bits per heavy atom. The number of nitrogens with zero attached hydrogens (tertiary/aromatic N) is 2. The van der Waals surface area contributed by atoms with E-state index in [1.165, 1.54) is 42.6 Å². The Morgan fingerprint density at radius 2 is 1.96 bits per heavy atom. The quantitative estimate of drug-likeness (QED) is 0.724. The van der Waals surface area contributed by atoms with Crippen molar-refractivity contribution in [1.29, 1.82) is 0 Å². The van der Waals surface area contributed by atoms with Gasteiger partial charge in [-0.1, -0.05) is 24.3 Å². The molecule has 0 saturated carbocycles. The van der Waals surface area contributed by atoms with Crippen LogP contribution < -0.4 is 5.73 Å². The summed E-state index contributed by atoms with van der Waals surface area (Å²) in [6.45, 7) is 2.46. The smallest absolute Gasteiger partial charge is 0.204 e. The van der Waals surface area contributed by atoms with Gasteiger partial charge in [-0.15, -0.1) is 0 Å². The highest BCUT2D eigenvalue weighted by atomic mass is 16.3. The number of pyridine rings is 1. The summed E-state index contributed by atoms with van der Waals surface area (Å²) in [5.41, 5.74) is 6.51. The average Bonchev–Trinajstić information content (AvgIpc) is 3.14. The Kier molecular flexibility index (Phi) is 5.21. The first-order valence-electron chi connectivity index (χ1n) is 9.57. The number of hydrogen-bond acceptors (Lipinski definition) is 4. The van der Waals surface area contributed by atoms with Gasteiger partial charge in [0.1, 0.15) is 11.3 Å². The molecule has 2 atom stereocenters. The zero-order valence-corrected chi connectivity index (χ0v) is 15.3. The molecule has 0 radical (unpaired) electrons. The van der Waals surface area contributed by atoms with E-state index in [-0.39, 0.29) is 6.41 Å². The van der Waals surface area contributed by atoms with Gasteiger partial charge in [-0.3, -0.25) is 14.7 Å². The van der Waals surface area contributed by atoms with Crippen molar-refractivity contribution in [1.82, 2.24) is 9.88 Å². The molecule has 5 heteroatoms. The second kappa shape index (κ2) is 7.92. The van der Waals surface area contributed by atoms with Crippen LogP contribution in [0.5, 0.6) is 0 Å². The second-order valence-corrected chi connectivity index (χ2v) is 7.35. The maximum atomic E-state index is 8.58. The highest BCUT2D eigenvalue weighted by Gasteiger charge is 2.44. The van der Waals surface area contributed by atoms with Gasteiger partial charge >= 0.3 is 0 Å². The fourth-order valence-electron chi connectivity index (χ4n) is 4.76. The van der Waals surface area contributed by atoms with E-state index in [2.05, 4.69) is 52.0 Å². The summed E-state index contributed by atoms with van der Waals surface area (Å²) >= 11 is 0. The normalized spacial score (nSPS) is 26.4. The number of carbonyl (C=O) groups excluding carboxylic acids is 1. The van der Waals surface area contributed by atoms with Gasteiger partial charge in [-0.25, -0.2) is 0 Å². The van der Waals surface area contributed by atoms with Gasteiger partial charge in [-0.05, 0) is 62.0 Å². The third-order valence-electron chi connectivity index (χ3n) is 5.91. The first kappa shape index (κ1) is 17.7. The number of benzene rings is 1. The molecule has 3 saturated heterocycles. The van der Waals surface area contributed by atoms with E-state index in [0.717, 1.165) is 17.9 Å². The van der Waals surface area contributed by atoms with Gasteiger partial charge in [0.25, 0.3) is 0 Å². The van der Waals surface area contributed by atoms with Crippen LogP contribution in [-0.2, 0) is 11.2 Å². The van der Waals surface area contributed by atoms with Gasteiger partial charge < -0.3 is 10.2 Å². The molecule has 2 unspecified atom stereocenters. The number of carbonyl (C=O) groups is 1. The van der Waals surface area contributed by atoms with Crippen molar-refractivity contribution in [2.75, 3.05) is 13.1 Å². The number of fused-ring (bicyclic) bond motifs is 4. The first-order valence-corrected chi connectivity index (χ1v) is 9.57. The Morgan fingerprint density at radius 3 is 2.67 bits per heavy atom. The number of furan rings is 1. The van der Waals surface area contributed by atoms with E-state index >= 15 is 0 Å². The third-order valence-corrected chi connectivity index (χ3v) is 5.91. The van der Waals surface area contributed by atoms with Gasteiger partial charge in [0.05, 0.1) is 0 Å². The second-order valence-electron chi connectivity index (χ2n) is 7.35. The Bertz CT molecular complexity index is 852. The van der Waals surface area contributed by atoms with E-state index in [1.807, 2.05) is 18.5 Å². The molecule has 3 aliphatic rings. The van der Waals surface area contributed by atoms with Gasteiger partial charge in [0, 0.05) is 29.7 Å². The van der Waals surface area contributed by atoms with E-state index in [0.29, 0.717) is 12.0 Å². The van der Waals surface area contributed by atoms with Crippen molar-refractivity contribution in [3.05, 3.63) is 66.2 Å². The highest BCUT2D eigenvalue weighted by molar-refractivity contribution is 5.77. The van der Waals surface area contributed by atoms with Gasteiger partial charge in [0.15, 0.2) is 0 Å². The molecule has 2 N–H and O–H groups in total.